The van der Waals surface area contributed by atoms with Crippen molar-refractivity contribution in [2.75, 3.05) is 5.32 Å². The van der Waals surface area contributed by atoms with Crippen molar-refractivity contribution < 1.29 is 14.4 Å². The zero-order valence-electron chi connectivity index (χ0n) is 17.0. The average molecular weight is 406 g/mol. The van der Waals surface area contributed by atoms with Gasteiger partial charge in [-0.25, -0.2) is 5.43 Å². The molecule has 0 spiro atoms. The van der Waals surface area contributed by atoms with Crippen LogP contribution in [0.4, 0.5) is 5.69 Å². The molecule has 0 fully saturated rings. The molecule has 156 valence electrons. The number of nitrogens with one attached hydrogen (secondary N) is 3. The molecule has 3 amide bonds. The molecule has 2 aromatic carbocycles. The molecule has 30 heavy (non-hydrogen) atoms. The molecule has 1 aliphatic rings. The average Bonchev–Trinajstić information content (AvgIpc) is 2.76. The van der Waals surface area contributed by atoms with Gasteiger partial charge in [-0.1, -0.05) is 42.5 Å². The molecule has 3 N–H and O–H groups in total. The van der Waals surface area contributed by atoms with Gasteiger partial charge in [0.15, 0.2) is 0 Å². The smallest absolute Gasteiger partial charge is 0.329 e. The van der Waals surface area contributed by atoms with Gasteiger partial charge in [-0.3, -0.25) is 14.4 Å². The molecule has 2 aromatic rings. The van der Waals surface area contributed by atoms with E-state index in [2.05, 4.69) is 27.2 Å². The molecule has 0 saturated heterocycles. The standard InChI is InChI=1S/C23H26N4O3/c1-16(26-27-23(30)22(29)24-15-17-8-3-2-4-9-17)14-21(28)25-20-13-7-11-18-10-5-6-12-19(18)20/h2-4,7-9,11,13H,5-6,10,12,14-15H2,1H3,(H,24,29)(H,25,28)(H,27,30)/b26-16+. The van der Waals surface area contributed by atoms with Crippen LogP contribution in [-0.2, 0) is 33.8 Å². The summed E-state index contributed by atoms with van der Waals surface area (Å²) in [4.78, 5) is 36.1. The van der Waals surface area contributed by atoms with E-state index in [4.69, 9.17) is 0 Å². The zero-order valence-corrected chi connectivity index (χ0v) is 17.0. The fraction of sp³-hybridized carbons (Fsp3) is 0.304. The summed E-state index contributed by atoms with van der Waals surface area (Å²) in [5, 5.41) is 9.33. The van der Waals surface area contributed by atoms with Gasteiger partial charge < -0.3 is 10.6 Å². The third kappa shape index (κ3) is 6.01. The minimum atomic E-state index is -0.872. The summed E-state index contributed by atoms with van der Waals surface area (Å²) < 4.78 is 0. The number of fused-ring (bicyclic) bond motifs is 1. The second-order valence-corrected chi connectivity index (χ2v) is 7.33. The van der Waals surface area contributed by atoms with Crippen LogP contribution in [0.5, 0.6) is 0 Å². The number of hydrazone groups is 1. The molecule has 7 heteroatoms. The summed E-state index contributed by atoms with van der Waals surface area (Å²) in [7, 11) is 0. The maximum Gasteiger partial charge on any atom is 0.329 e. The first kappa shape index (κ1) is 21.2. The lowest BCUT2D eigenvalue weighted by molar-refractivity contribution is -0.139. The predicted octanol–water partition coefficient (Wildman–Crippen LogP) is 2.70. The Hall–Kier alpha value is -3.48. The molecular formula is C23H26N4O3. The Bertz CT molecular complexity index is 954. The van der Waals surface area contributed by atoms with E-state index < -0.39 is 11.8 Å². The third-order valence-corrected chi connectivity index (χ3v) is 4.94. The first-order valence-corrected chi connectivity index (χ1v) is 10.1. The van der Waals surface area contributed by atoms with Crippen molar-refractivity contribution in [1.29, 1.82) is 0 Å². The Labute approximate surface area is 175 Å². The molecule has 0 unspecified atom stereocenters. The highest BCUT2D eigenvalue weighted by Gasteiger charge is 2.15. The van der Waals surface area contributed by atoms with Crippen LogP contribution in [0.3, 0.4) is 0 Å². The maximum absolute atomic E-state index is 12.4. The van der Waals surface area contributed by atoms with E-state index in [0.717, 1.165) is 30.5 Å². The number of amides is 3. The van der Waals surface area contributed by atoms with Crippen molar-refractivity contribution in [2.45, 2.75) is 45.6 Å². The summed E-state index contributed by atoms with van der Waals surface area (Å²) in [5.74, 6) is -1.86. The molecule has 0 heterocycles. The molecule has 0 atom stereocenters. The van der Waals surface area contributed by atoms with E-state index in [1.54, 1.807) is 6.92 Å². The van der Waals surface area contributed by atoms with Crippen molar-refractivity contribution in [3.05, 3.63) is 65.2 Å². The van der Waals surface area contributed by atoms with E-state index >= 15 is 0 Å². The minimum Gasteiger partial charge on any atom is -0.344 e. The number of nitrogens with zero attached hydrogens (tertiary/aromatic N) is 1. The maximum atomic E-state index is 12.4. The quantitative estimate of drug-likeness (QED) is 0.391. The number of benzene rings is 2. The number of rotatable bonds is 6. The topological polar surface area (TPSA) is 99.7 Å². The highest BCUT2D eigenvalue weighted by molar-refractivity contribution is 6.35. The Morgan fingerprint density at radius 3 is 2.50 bits per heavy atom. The van der Waals surface area contributed by atoms with E-state index in [9.17, 15) is 14.4 Å². The van der Waals surface area contributed by atoms with Crippen LogP contribution in [0.1, 0.15) is 42.9 Å². The monoisotopic (exact) mass is 406 g/mol. The highest BCUT2D eigenvalue weighted by atomic mass is 16.2. The van der Waals surface area contributed by atoms with Crippen LogP contribution in [-0.4, -0.2) is 23.4 Å². The van der Waals surface area contributed by atoms with Crippen LogP contribution in [0.15, 0.2) is 53.6 Å². The molecule has 3 rings (SSSR count). The van der Waals surface area contributed by atoms with Crippen molar-refractivity contribution >= 4 is 29.1 Å². The number of hydrogen-bond donors (Lipinski definition) is 3. The van der Waals surface area contributed by atoms with Crippen LogP contribution in [0.25, 0.3) is 0 Å². The SMILES string of the molecule is C/C(CC(=O)Nc1cccc2c1CCCC2)=N\NC(=O)C(=O)NCc1ccccc1. The second kappa shape index (κ2) is 10.3. The van der Waals surface area contributed by atoms with E-state index in [-0.39, 0.29) is 18.9 Å². The molecule has 7 nitrogen and oxygen atoms in total. The molecular weight excluding hydrogens is 380 g/mol. The van der Waals surface area contributed by atoms with Crippen molar-refractivity contribution in [1.82, 2.24) is 10.7 Å². The molecule has 0 saturated carbocycles. The molecule has 0 aliphatic heterocycles. The van der Waals surface area contributed by atoms with Gasteiger partial charge >= 0.3 is 11.8 Å². The molecule has 1 aliphatic carbocycles. The van der Waals surface area contributed by atoms with Crippen LogP contribution < -0.4 is 16.1 Å². The number of carbonyl (C=O) groups excluding carboxylic acids is 3. The lowest BCUT2D eigenvalue weighted by atomic mass is 9.90. The number of anilines is 1. The molecule has 0 radical (unpaired) electrons. The normalized spacial score (nSPS) is 13.2. The Morgan fingerprint density at radius 1 is 0.933 bits per heavy atom. The van der Waals surface area contributed by atoms with Crippen LogP contribution in [0.2, 0.25) is 0 Å². The van der Waals surface area contributed by atoms with Gasteiger partial charge in [-0.15, -0.1) is 0 Å². The zero-order chi connectivity index (χ0) is 21.3. The minimum absolute atomic E-state index is 0.0234. The van der Waals surface area contributed by atoms with E-state index in [1.807, 2.05) is 42.5 Å². The van der Waals surface area contributed by atoms with Gasteiger partial charge in [0.25, 0.3) is 0 Å². The fourth-order valence-electron chi connectivity index (χ4n) is 3.42. The third-order valence-electron chi connectivity index (χ3n) is 4.94. The fourth-order valence-corrected chi connectivity index (χ4v) is 3.42. The molecule has 0 aromatic heterocycles. The van der Waals surface area contributed by atoms with Crippen LogP contribution in [0, 0.1) is 0 Å². The molecule has 0 bridgehead atoms. The summed E-state index contributed by atoms with van der Waals surface area (Å²) in [6, 6.07) is 15.2. The summed E-state index contributed by atoms with van der Waals surface area (Å²) in [5.41, 5.74) is 6.82. The summed E-state index contributed by atoms with van der Waals surface area (Å²) in [6.45, 7) is 1.88. The van der Waals surface area contributed by atoms with Gasteiger partial charge in [0.1, 0.15) is 0 Å². The van der Waals surface area contributed by atoms with Crippen LogP contribution >= 0.6 is 0 Å². The van der Waals surface area contributed by atoms with Crippen molar-refractivity contribution in [3.8, 4) is 0 Å². The van der Waals surface area contributed by atoms with Gasteiger partial charge in [0.05, 0.1) is 6.42 Å². The Morgan fingerprint density at radius 2 is 1.70 bits per heavy atom. The second-order valence-electron chi connectivity index (χ2n) is 7.33. The number of carbonyl (C=O) groups is 3. The lowest BCUT2D eigenvalue weighted by Gasteiger charge is -2.19. The first-order valence-electron chi connectivity index (χ1n) is 10.1. The summed E-state index contributed by atoms with van der Waals surface area (Å²) in [6.07, 6.45) is 4.33. The Kier molecular flexibility index (Phi) is 7.32. The van der Waals surface area contributed by atoms with Crippen molar-refractivity contribution in [2.24, 2.45) is 5.10 Å². The predicted molar refractivity (Wildman–Crippen MR) is 116 cm³/mol. The largest absolute Gasteiger partial charge is 0.344 e. The van der Waals surface area contributed by atoms with Gasteiger partial charge in [0.2, 0.25) is 5.91 Å². The van der Waals surface area contributed by atoms with Gasteiger partial charge in [0, 0.05) is 17.9 Å². The van der Waals surface area contributed by atoms with E-state index in [1.165, 1.54) is 17.5 Å². The number of aryl methyl sites for hydroxylation is 1. The van der Waals surface area contributed by atoms with Gasteiger partial charge in [-0.05, 0) is 55.4 Å². The first-order chi connectivity index (χ1) is 14.5. The lowest BCUT2D eigenvalue weighted by Crippen LogP contribution is -2.37. The van der Waals surface area contributed by atoms with Gasteiger partial charge in [-0.2, -0.15) is 5.10 Å². The number of hydrogen-bond acceptors (Lipinski definition) is 4. The highest BCUT2D eigenvalue weighted by Crippen LogP contribution is 2.27. The van der Waals surface area contributed by atoms with Crippen molar-refractivity contribution in [3.63, 3.8) is 0 Å². The Balaban J connectivity index is 1.47. The van der Waals surface area contributed by atoms with E-state index in [0.29, 0.717) is 5.71 Å². The summed E-state index contributed by atoms with van der Waals surface area (Å²) >= 11 is 0.